The topological polar surface area (TPSA) is 78.6 Å². The number of nitrogens with zero attached hydrogens (tertiary/aromatic N) is 1. The molecule has 1 amide bonds. The van der Waals surface area contributed by atoms with E-state index in [1.165, 1.54) is 11.3 Å². The highest BCUT2D eigenvalue weighted by Crippen LogP contribution is 2.22. The van der Waals surface area contributed by atoms with Crippen molar-refractivity contribution in [1.29, 1.82) is 0 Å². The van der Waals surface area contributed by atoms with E-state index in [-0.39, 0.29) is 12.0 Å². The first-order chi connectivity index (χ1) is 8.61. The Bertz CT molecular complexity index is 421. The lowest BCUT2D eigenvalue weighted by atomic mass is 9.96. The lowest BCUT2D eigenvalue weighted by molar-refractivity contribution is 0.0259. The van der Waals surface area contributed by atoms with Crippen molar-refractivity contribution >= 4 is 17.2 Å². The van der Waals surface area contributed by atoms with Gasteiger partial charge in [0.05, 0.1) is 11.0 Å². The Morgan fingerprint density at radius 2 is 2.50 bits per heavy atom. The molecule has 1 saturated heterocycles. The summed E-state index contributed by atoms with van der Waals surface area (Å²) < 4.78 is 0. The number of aliphatic hydroxyl groups is 1. The van der Waals surface area contributed by atoms with E-state index in [0.717, 1.165) is 18.5 Å². The lowest BCUT2D eigenvalue weighted by Gasteiger charge is -2.34. The number of piperidine rings is 1. The lowest BCUT2D eigenvalue weighted by Crippen LogP contribution is -2.42. The molecule has 4 N–H and O–H groups in total. The average Bonchev–Trinajstić information content (AvgIpc) is 2.81. The average molecular weight is 269 g/mol. The van der Waals surface area contributed by atoms with Crippen molar-refractivity contribution in [1.82, 2.24) is 10.3 Å². The number of rotatable bonds is 3. The van der Waals surface area contributed by atoms with Crippen LogP contribution in [0.4, 0.5) is 0 Å². The van der Waals surface area contributed by atoms with Gasteiger partial charge in [-0.15, -0.1) is 11.3 Å². The highest BCUT2D eigenvalue weighted by atomic mass is 32.1. The van der Waals surface area contributed by atoms with E-state index in [4.69, 9.17) is 5.84 Å². The van der Waals surface area contributed by atoms with Gasteiger partial charge in [0, 0.05) is 13.1 Å². The standard InChI is InChI=1S/C12H19N3O2S/c1-8-2-4-15(7-10(8)16)6-9-3-5-18-11(9)12(17)14-13/h3,5,8,10,16H,2,4,6-7,13H2,1H3,(H,14,17). The van der Waals surface area contributed by atoms with Gasteiger partial charge in [-0.1, -0.05) is 6.92 Å². The molecule has 2 atom stereocenters. The van der Waals surface area contributed by atoms with Crippen molar-refractivity contribution in [2.24, 2.45) is 11.8 Å². The fourth-order valence-electron chi connectivity index (χ4n) is 2.22. The van der Waals surface area contributed by atoms with E-state index in [2.05, 4.69) is 17.2 Å². The van der Waals surface area contributed by atoms with E-state index in [0.29, 0.717) is 23.9 Å². The first-order valence-electron chi connectivity index (χ1n) is 6.09. The molecule has 0 aromatic carbocycles. The van der Waals surface area contributed by atoms with Crippen molar-refractivity contribution in [3.63, 3.8) is 0 Å². The van der Waals surface area contributed by atoms with Crippen LogP contribution < -0.4 is 11.3 Å². The zero-order valence-electron chi connectivity index (χ0n) is 10.4. The predicted octanol–water partition coefficient (Wildman–Crippen LogP) is 0.554. The van der Waals surface area contributed by atoms with Crippen molar-refractivity contribution in [2.45, 2.75) is 26.0 Å². The molecule has 1 aliphatic rings. The first kappa shape index (κ1) is 13.5. The largest absolute Gasteiger partial charge is 0.392 e. The van der Waals surface area contributed by atoms with Crippen LogP contribution >= 0.6 is 11.3 Å². The van der Waals surface area contributed by atoms with Crippen LogP contribution in [0, 0.1) is 5.92 Å². The van der Waals surface area contributed by atoms with E-state index < -0.39 is 0 Å². The van der Waals surface area contributed by atoms with Crippen LogP contribution in [0.1, 0.15) is 28.6 Å². The van der Waals surface area contributed by atoms with E-state index in [1.807, 2.05) is 11.4 Å². The Morgan fingerprint density at radius 3 is 3.17 bits per heavy atom. The minimum absolute atomic E-state index is 0.245. The Balaban J connectivity index is 2.02. The number of amides is 1. The number of β-amino-alcohol motifs (C(OH)–C–C–N with tert-alkyl or cyclic N) is 1. The molecule has 2 rings (SSSR count). The molecule has 6 heteroatoms. The quantitative estimate of drug-likeness (QED) is 0.425. The number of nitrogens with one attached hydrogen (secondary N) is 1. The van der Waals surface area contributed by atoms with Crippen LogP contribution in [-0.2, 0) is 6.54 Å². The van der Waals surface area contributed by atoms with Gasteiger partial charge in [-0.3, -0.25) is 15.1 Å². The summed E-state index contributed by atoms with van der Waals surface area (Å²) in [6.07, 6.45) is 0.716. The van der Waals surface area contributed by atoms with Gasteiger partial charge in [0.25, 0.3) is 5.91 Å². The fraction of sp³-hybridized carbons (Fsp3) is 0.583. The molecular formula is C12H19N3O2S. The summed E-state index contributed by atoms with van der Waals surface area (Å²) in [7, 11) is 0. The SMILES string of the molecule is CC1CCN(Cc2ccsc2C(=O)NN)CC1O. The van der Waals surface area contributed by atoms with Gasteiger partial charge >= 0.3 is 0 Å². The van der Waals surface area contributed by atoms with Gasteiger partial charge < -0.3 is 5.11 Å². The molecule has 100 valence electrons. The summed E-state index contributed by atoms with van der Waals surface area (Å²) in [5.41, 5.74) is 3.14. The summed E-state index contributed by atoms with van der Waals surface area (Å²) in [5.74, 6) is 5.27. The van der Waals surface area contributed by atoms with Crippen molar-refractivity contribution in [3.8, 4) is 0 Å². The first-order valence-corrected chi connectivity index (χ1v) is 6.97. The van der Waals surface area contributed by atoms with Gasteiger partial charge in [-0.05, 0) is 35.9 Å². The van der Waals surface area contributed by atoms with Crippen molar-refractivity contribution in [2.75, 3.05) is 13.1 Å². The number of carbonyl (C=O) groups excluding carboxylic acids is 1. The molecule has 0 radical (unpaired) electrons. The minimum atomic E-state index is -0.274. The van der Waals surface area contributed by atoms with Gasteiger partial charge in [0.2, 0.25) is 0 Å². The predicted molar refractivity (Wildman–Crippen MR) is 71.0 cm³/mol. The van der Waals surface area contributed by atoms with Gasteiger partial charge in [-0.25, -0.2) is 5.84 Å². The summed E-state index contributed by atoms with van der Waals surface area (Å²) in [5, 5.41) is 11.8. The monoisotopic (exact) mass is 269 g/mol. The van der Waals surface area contributed by atoms with Gasteiger partial charge in [-0.2, -0.15) is 0 Å². The number of hydrazine groups is 1. The Kier molecular flexibility index (Phi) is 4.34. The van der Waals surface area contributed by atoms with Crippen LogP contribution in [0.3, 0.4) is 0 Å². The molecule has 5 nitrogen and oxygen atoms in total. The molecule has 18 heavy (non-hydrogen) atoms. The van der Waals surface area contributed by atoms with Crippen LogP contribution in [0.5, 0.6) is 0 Å². The smallest absolute Gasteiger partial charge is 0.275 e. The number of nitrogens with two attached hydrogens (primary N) is 1. The molecular weight excluding hydrogens is 250 g/mol. The number of likely N-dealkylation sites (tertiary alicyclic amines) is 1. The van der Waals surface area contributed by atoms with Crippen LogP contribution in [-0.4, -0.2) is 35.1 Å². The zero-order chi connectivity index (χ0) is 13.1. The Hall–Kier alpha value is -0.950. The second-order valence-corrected chi connectivity index (χ2v) is 5.73. The van der Waals surface area contributed by atoms with E-state index in [9.17, 15) is 9.90 Å². The molecule has 1 fully saturated rings. The highest BCUT2D eigenvalue weighted by Gasteiger charge is 2.25. The molecule has 2 unspecified atom stereocenters. The number of thiophene rings is 1. The van der Waals surface area contributed by atoms with Gasteiger partial charge in [0.1, 0.15) is 0 Å². The second kappa shape index (κ2) is 5.79. The highest BCUT2D eigenvalue weighted by molar-refractivity contribution is 7.12. The molecule has 0 aliphatic carbocycles. The zero-order valence-corrected chi connectivity index (χ0v) is 11.2. The van der Waals surface area contributed by atoms with Crippen molar-refractivity contribution in [3.05, 3.63) is 21.9 Å². The molecule has 0 spiro atoms. The molecule has 2 heterocycles. The minimum Gasteiger partial charge on any atom is -0.392 e. The molecule has 1 aromatic rings. The van der Waals surface area contributed by atoms with Crippen LogP contribution in [0.25, 0.3) is 0 Å². The van der Waals surface area contributed by atoms with Crippen LogP contribution in [0.15, 0.2) is 11.4 Å². The van der Waals surface area contributed by atoms with Crippen molar-refractivity contribution < 1.29 is 9.90 Å². The van der Waals surface area contributed by atoms with E-state index in [1.54, 1.807) is 0 Å². The summed E-state index contributed by atoms with van der Waals surface area (Å²) in [6.45, 7) is 4.38. The Morgan fingerprint density at radius 1 is 1.72 bits per heavy atom. The normalized spacial score (nSPS) is 25.1. The summed E-state index contributed by atoms with van der Waals surface area (Å²) >= 11 is 1.39. The summed E-state index contributed by atoms with van der Waals surface area (Å²) in [4.78, 5) is 14.4. The summed E-state index contributed by atoms with van der Waals surface area (Å²) in [6, 6.07) is 1.94. The number of aliphatic hydroxyl groups excluding tert-OH is 1. The number of nitrogen functional groups attached to an aromatic ring is 1. The Labute approximate surface area is 111 Å². The number of hydrogen-bond donors (Lipinski definition) is 3. The number of carbonyl (C=O) groups is 1. The van der Waals surface area contributed by atoms with E-state index >= 15 is 0 Å². The van der Waals surface area contributed by atoms with Gasteiger partial charge in [0.15, 0.2) is 0 Å². The maximum Gasteiger partial charge on any atom is 0.275 e. The molecule has 1 aromatic heterocycles. The second-order valence-electron chi connectivity index (χ2n) is 4.82. The fourth-order valence-corrected chi connectivity index (χ4v) is 3.04. The maximum absolute atomic E-state index is 11.6. The maximum atomic E-state index is 11.6. The third-order valence-corrected chi connectivity index (χ3v) is 4.44. The molecule has 1 aliphatic heterocycles. The molecule has 0 bridgehead atoms. The molecule has 0 saturated carbocycles. The third kappa shape index (κ3) is 2.89. The third-order valence-electron chi connectivity index (χ3n) is 3.48. The number of hydrogen-bond acceptors (Lipinski definition) is 5. The van der Waals surface area contributed by atoms with Crippen LogP contribution in [0.2, 0.25) is 0 Å².